The van der Waals surface area contributed by atoms with Crippen LogP contribution >= 0.6 is 0 Å². The fourth-order valence-electron chi connectivity index (χ4n) is 0.369. The summed E-state index contributed by atoms with van der Waals surface area (Å²) in [6.07, 6.45) is 0. The summed E-state index contributed by atoms with van der Waals surface area (Å²) in [4.78, 5) is 10.5. The smallest absolute Gasteiger partial charge is 0.325 e. The topological polar surface area (TPSA) is 38.3 Å². The van der Waals surface area contributed by atoms with E-state index in [1.807, 2.05) is 6.92 Å². The number of carbonyl (C=O) groups is 1. The van der Waals surface area contributed by atoms with E-state index < -0.39 is 0 Å². The molecule has 0 saturated carbocycles. The summed E-state index contributed by atoms with van der Waals surface area (Å²) >= 11 is 0. The lowest BCUT2D eigenvalue weighted by atomic mass is 10.6. The fourth-order valence-corrected chi connectivity index (χ4v) is 0.369. The Bertz CT molecular complexity index is 83.1. The molecule has 0 spiro atoms. The van der Waals surface area contributed by atoms with Crippen LogP contribution in [0.15, 0.2) is 0 Å². The maximum atomic E-state index is 10.5. The quantitative estimate of drug-likeness (QED) is 0.557. The van der Waals surface area contributed by atoms with Gasteiger partial charge in [0.1, 0.15) is 6.54 Å². The molecule has 9 heavy (non-hydrogen) atoms. The molecular weight excluding hydrogens is 118 g/mol. The van der Waals surface area contributed by atoms with E-state index in [1.54, 1.807) is 6.92 Å². The lowest BCUT2D eigenvalue weighted by Crippen LogP contribution is -2.18. The zero-order valence-electron chi connectivity index (χ0n) is 5.81. The summed E-state index contributed by atoms with van der Waals surface area (Å²) in [5.41, 5.74) is 0. The van der Waals surface area contributed by atoms with Crippen LogP contribution in [0.4, 0.5) is 0 Å². The molecule has 0 bridgehead atoms. The van der Waals surface area contributed by atoms with Gasteiger partial charge in [-0.25, -0.2) is 0 Å². The highest BCUT2D eigenvalue weighted by atomic mass is 16.5. The zero-order valence-corrected chi connectivity index (χ0v) is 5.81. The zero-order chi connectivity index (χ0) is 7.11. The second kappa shape index (κ2) is 5.56. The van der Waals surface area contributed by atoms with Gasteiger partial charge in [0.2, 0.25) is 0 Å². The average Bonchev–Trinajstić information content (AvgIpc) is 1.85. The molecule has 0 aromatic heterocycles. The van der Waals surface area contributed by atoms with Gasteiger partial charge in [-0.2, -0.15) is 0 Å². The Morgan fingerprint density at radius 1 is 1.67 bits per heavy atom. The first-order chi connectivity index (χ1) is 4.31. The van der Waals surface area contributed by atoms with Gasteiger partial charge in [0.15, 0.2) is 0 Å². The minimum absolute atomic E-state index is 0.306. The molecule has 3 heteroatoms. The maximum Gasteiger partial charge on any atom is 0.325 e. The molecule has 0 aliphatic heterocycles. The van der Waals surface area contributed by atoms with Crippen molar-refractivity contribution < 1.29 is 9.53 Å². The Morgan fingerprint density at radius 3 is 2.78 bits per heavy atom. The van der Waals surface area contributed by atoms with Crippen molar-refractivity contribution in [1.29, 1.82) is 0 Å². The summed E-state index contributed by atoms with van der Waals surface area (Å²) in [6.45, 7) is 6.19. The maximum absolute atomic E-state index is 10.5. The van der Waals surface area contributed by atoms with Crippen LogP contribution < -0.4 is 5.32 Å². The molecule has 0 aliphatic carbocycles. The first kappa shape index (κ1) is 8.43. The predicted octanol–water partition coefficient (Wildman–Crippen LogP) is 0.321. The molecule has 53 valence electrons. The molecule has 0 amide bonds. The van der Waals surface area contributed by atoms with E-state index in [2.05, 4.69) is 10.1 Å². The minimum Gasteiger partial charge on any atom is -0.465 e. The van der Waals surface area contributed by atoms with Crippen LogP contribution in [-0.2, 0) is 9.53 Å². The van der Waals surface area contributed by atoms with Crippen LogP contribution in [0.3, 0.4) is 0 Å². The highest BCUT2D eigenvalue weighted by molar-refractivity contribution is 5.78. The molecule has 0 unspecified atom stereocenters. The summed E-state index contributed by atoms with van der Waals surface area (Å²) in [6, 6.07) is 0. The van der Waals surface area contributed by atoms with Crippen LogP contribution in [0.25, 0.3) is 0 Å². The number of likely N-dealkylation sites (N-methyl/N-ethyl adjacent to an activating group) is 1. The number of hydrogen-bond acceptors (Lipinski definition) is 3. The molecule has 0 aromatic carbocycles. The van der Waals surface area contributed by atoms with E-state index in [0.717, 1.165) is 6.54 Å². The molecule has 0 aromatic rings. The molecule has 0 atom stereocenters. The van der Waals surface area contributed by atoms with Gasteiger partial charge in [-0.3, -0.25) is 4.79 Å². The molecule has 0 saturated heterocycles. The third-order valence-electron chi connectivity index (χ3n) is 0.711. The van der Waals surface area contributed by atoms with E-state index in [0.29, 0.717) is 6.61 Å². The van der Waals surface area contributed by atoms with Crippen molar-refractivity contribution in [3.8, 4) is 0 Å². The van der Waals surface area contributed by atoms with Gasteiger partial charge in [-0.05, 0) is 13.5 Å². The van der Waals surface area contributed by atoms with Crippen molar-refractivity contribution in [3.63, 3.8) is 0 Å². The van der Waals surface area contributed by atoms with Gasteiger partial charge in [0.25, 0.3) is 0 Å². The normalized spacial score (nSPS) is 9.11. The molecule has 0 aliphatic rings. The summed E-state index contributed by atoms with van der Waals surface area (Å²) < 4.78 is 4.59. The van der Waals surface area contributed by atoms with Crippen molar-refractivity contribution in [3.05, 3.63) is 6.54 Å². The molecular formula is C6H12NO2. The van der Waals surface area contributed by atoms with E-state index in [1.165, 1.54) is 6.54 Å². The molecule has 0 fully saturated rings. The number of rotatable bonds is 4. The standard InChI is InChI=1S/C6H12NO2/c1-3-7-5-6(8)9-4-2/h5,7H,3-4H2,1-2H3. The molecule has 3 nitrogen and oxygen atoms in total. The lowest BCUT2D eigenvalue weighted by molar-refractivity contribution is -0.139. The third-order valence-corrected chi connectivity index (χ3v) is 0.711. The minimum atomic E-state index is -0.306. The number of carbonyl (C=O) groups excluding carboxylic acids is 1. The Kier molecular flexibility index (Phi) is 5.21. The summed E-state index contributed by atoms with van der Waals surface area (Å²) in [7, 11) is 0. The molecule has 1 N–H and O–H groups in total. The average molecular weight is 130 g/mol. The largest absolute Gasteiger partial charge is 0.465 e. The van der Waals surface area contributed by atoms with Gasteiger partial charge in [-0.15, -0.1) is 0 Å². The van der Waals surface area contributed by atoms with Crippen molar-refractivity contribution in [1.82, 2.24) is 5.32 Å². The van der Waals surface area contributed by atoms with Crippen LogP contribution in [0.5, 0.6) is 0 Å². The molecule has 0 rings (SSSR count). The monoisotopic (exact) mass is 130 g/mol. The number of ether oxygens (including phenoxy) is 1. The molecule has 1 radical (unpaired) electrons. The highest BCUT2D eigenvalue weighted by Gasteiger charge is 1.97. The van der Waals surface area contributed by atoms with Crippen LogP contribution in [0.1, 0.15) is 13.8 Å². The Morgan fingerprint density at radius 2 is 2.33 bits per heavy atom. The van der Waals surface area contributed by atoms with Gasteiger partial charge in [-0.1, -0.05) is 6.92 Å². The van der Waals surface area contributed by atoms with Crippen molar-refractivity contribution in [2.75, 3.05) is 13.2 Å². The van der Waals surface area contributed by atoms with E-state index in [4.69, 9.17) is 0 Å². The first-order valence-corrected chi connectivity index (χ1v) is 3.04. The Balaban J connectivity index is 3.06. The third kappa shape index (κ3) is 5.30. The van der Waals surface area contributed by atoms with Gasteiger partial charge < -0.3 is 10.1 Å². The SMILES string of the molecule is CCN[CH]C(=O)OCC. The Hall–Kier alpha value is -0.570. The van der Waals surface area contributed by atoms with Crippen LogP contribution in [0, 0.1) is 6.54 Å². The van der Waals surface area contributed by atoms with Gasteiger partial charge >= 0.3 is 5.97 Å². The van der Waals surface area contributed by atoms with E-state index in [9.17, 15) is 4.79 Å². The van der Waals surface area contributed by atoms with Crippen molar-refractivity contribution in [2.45, 2.75) is 13.8 Å². The second-order valence-corrected chi connectivity index (χ2v) is 1.45. The van der Waals surface area contributed by atoms with E-state index in [-0.39, 0.29) is 5.97 Å². The summed E-state index contributed by atoms with van der Waals surface area (Å²) in [5.74, 6) is -0.306. The van der Waals surface area contributed by atoms with Gasteiger partial charge in [0.05, 0.1) is 6.61 Å². The lowest BCUT2D eigenvalue weighted by Gasteiger charge is -1.99. The number of esters is 1. The highest BCUT2D eigenvalue weighted by Crippen LogP contribution is 1.78. The van der Waals surface area contributed by atoms with E-state index >= 15 is 0 Å². The van der Waals surface area contributed by atoms with Crippen LogP contribution in [0.2, 0.25) is 0 Å². The second-order valence-electron chi connectivity index (χ2n) is 1.45. The van der Waals surface area contributed by atoms with Crippen LogP contribution in [-0.4, -0.2) is 19.1 Å². The summed E-state index contributed by atoms with van der Waals surface area (Å²) in [5, 5.41) is 2.73. The van der Waals surface area contributed by atoms with Crippen molar-refractivity contribution >= 4 is 5.97 Å². The van der Waals surface area contributed by atoms with Crippen molar-refractivity contribution in [2.24, 2.45) is 0 Å². The predicted molar refractivity (Wildman–Crippen MR) is 34.6 cm³/mol. The molecule has 0 heterocycles. The number of hydrogen-bond donors (Lipinski definition) is 1. The fraction of sp³-hybridized carbons (Fsp3) is 0.667. The Labute approximate surface area is 55.4 Å². The first-order valence-electron chi connectivity index (χ1n) is 3.04. The number of nitrogens with one attached hydrogen (secondary N) is 1. The van der Waals surface area contributed by atoms with Gasteiger partial charge in [0, 0.05) is 0 Å².